The van der Waals surface area contributed by atoms with Crippen LogP contribution in [0.25, 0.3) is 0 Å². The maximum Gasteiger partial charge on any atom is 0.217 e. The number of Topliss-reactive ketones (excluding diaryl/α,β-unsaturated/α-hetero) is 1. The van der Waals surface area contributed by atoms with E-state index in [2.05, 4.69) is 30.1 Å². The Balaban J connectivity index is 1.69. The Kier molecular flexibility index (Phi) is 6.31. The van der Waals surface area contributed by atoms with E-state index in [4.69, 9.17) is 5.73 Å². The molecule has 6 nitrogen and oxygen atoms in total. The van der Waals surface area contributed by atoms with Gasteiger partial charge in [0.05, 0.1) is 5.75 Å². The van der Waals surface area contributed by atoms with Gasteiger partial charge in [0.2, 0.25) is 5.91 Å². The standard InChI is InChI=1S/C20H26N4O2S/c1-13(2)11-24-19(9-8-18(21)26)22-23-20(24)27-12-17(25)16-7-6-14-4-3-5-15(14)10-16/h6-7,10,13H,3-5,8-9,11-12H2,1-2H3,(H2,21,26). The van der Waals surface area contributed by atoms with E-state index >= 15 is 0 Å². The smallest absolute Gasteiger partial charge is 0.217 e. The van der Waals surface area contributed by atoms with Crippen molar-refractivity contribution in [2.75, 3.05) is 5.75 Å². The van der Waals surface area contributed by atoms with Crippen molar-refractivity contribution in [1.29, 1.82) is 0 Å². The number of ketones is 1. The van der Waals surface area contributed by atoms with Crippen molar-refractivity contribution in [3.8, 4) is 0 Å². The van der Waals surface area contributed by atoms with Gasteiger partial charge in [0.15, 0.2) is 10.9 Å². The van der Waals surface area contributed by atoms with Crippen LogP contribution in [0.15, 0.2) is 23.4 Å². The molecule has 1 aromatic heterocycles. The van der Waals surface area contributed by atoms with Gasteiger partial charge in [-0.05, 0) is 42.4 Å². The molecule has 1 heterocycles. The summed E-state index contributed by atoms with van der Waals surface area (Å²) in [6.45, 7) is 4.97. The highest BCUT2D eigenvalue weighted by Crippen LogP contribution is 2.25. The third-order valence-corrected chi connectivity index (χ3v) is 5.66. The molecule has 1 aromatic carbocycles. The molecule has 0 saturated carbocycles. The Hall–Kier alpha value is -2.15. The van der Waals surface area contributed by atoms with Crippen LogP contribution >= 0.6 is 11.8 Å². The van der Waals surface area contributed by atoms with Gasteiger partial charge in [-0.3, -0.25) is 9.59 Å². The highest BCUT2D eigenvalue weighted by atomic mass is 32.2. The van der Waals surface area contributed by atoms with Gasteiger partial charge in [-0.15, -0.1) is 10.2 Å². The second-order valence-corrected chi connectivity index (χ2v) is 8.36. The summed E-state index contributed by atoms with van der Waals surface area (Å²) >= 11 is 1.40. The molecule has 0 spiro atoms. The summed E-state index contributed by atoms with van der Waals surface area (Å²) in [7, 11) is 0. The van der Waals surface area contributed by atoms with Crippen LogP contribution in [0, 0.1) is 5.92 Å². The summed E-state index contributed by atoms with van der Waals surface area (Å²) in [4.78, 5) is 23.7. The van der Waals surface area contributed by atoms with Crippen LogP contribution in [0.4, 0.5) is 0 Å². The van der Waals surface area contributed by atoms with Crippen molar-refractivity contribution in [2.24, 2.45) is 11.7 Å². The minimum Gasteiger partial charge on any atom is -0.370 e. The van der Waals surface area contributed by atoms with Crippen molar-refractivity contribution < 1.29 is 9.59 Å². The van der Waals surface area contributed by atoms with E-state index in [1.807, 2.05) is 16.7 Å². The summed E-state index contributed by atoms with van der Waals surface area (Å²) < 4.78 is 2.01. The van der Waals surface area contributed by atoms with Gasteiger partial charge >= 0.3 is 0 Å². The number of nitrogens with zero attached hydrogens (tertiary/aromatic N) is 3. The summed E-state index contributed by atoms with van der Waals surface area (Å²) in [5, 5.41) is 9.17. The highest BCUT2D eigenvalue weighted by molar-refractivity contribution is 7.99. The van der Waals surface area contributed by atoms with Gasteiger partial charge in [-0.25, -0.2) is 0 Å². The average Bonchev–Trinajstić information content (AvgIpc) is 3.23. The lowest BCUT2D eigenvalue weighted by Crippen LogP contribution is -2.15. The van der Waals surface area contributed by atoms with Gasteiger partial charge in [0, 0.05) is 24.9 Å². The van der Waals surface area contributed by atoms with Gasteiger partial charge in [0.1, 0.15) is 5.82 Å². The zero-order valence-corrected chi connectivity index (χ0v) is 16.7. The Labute approximate surface area is 163 Å². The second-order valence-electron chi connectivity index (χ2n) is 7.42. The molecule has 0 bridgehead atoms. The molecule has 1 aliphatic rings. The van der Waals surface area contributed by atoms with E-state index in [1.165, 1.54) is 29.3 Å². The van der Waals surface area contributed by atoms with Crippen LogP contribution < -0.4 is 5.73 Å². The number of carbonyl (C=O) groups is 2. The van der Waals surface area contributed by atoms with E-state index in [1.54, 1.807) is 0 Å². The SMILES string of the molecule is CC(C)Cn1c(CCC(N)=O)nnc1SCC(=O)c1ccc2c(c1)CCC2. The van der Waals surface area contributed by atoms with Crippen LogP contribution in [0.3, 0.4) is 0 Å². The normalized spacial score (nSPS) is 13.1. The lowest BCUT2D eigenvalue weighted by Gasteiger charge is -2.12. The number of benzene rings is 1. The molecule has 0 aliphatic heterocycles. The predicted molar refractivity (Wildman–Crippen MR) is 106 cm³/mol. The van der Waals surface area contributed by atoms with Crippen molar-refractivity contribution in [2.45, 2.75) is 57.7 Å². The van der Waals surface area contributed by atoms with Crippen molar-refractivity contribution >= 4 is 23.5 Å². The number of hydrogen-bond donors (Lipinski definition) is 1. The van der Waals surface area contributed by atoms with Crippen LogP contribution in [-0.4, -0.2) is 32.2 Å². The lowest BCUT2D eigenvalue weighted by molar-refractivity contribution is -0.118. The first-order valence-electron chi connectivity index (χ1n) is 9.42. The molecule has 1 amide bonds. The Morgan fingerprint density at radius 3 is 2.74 bits per heavy atom. The summed E-state index contributed by atoms with van der Waals surface area (Å²) in [6, 6.07) is 6.07. The summed E-state index contributed by atoms with van der Waals surface area (Å²) in [5.41, 5.74) is 8.70. The Morgan fingerprint density at radius 1 is 1.22 bits per heavy atom. The van der Waals surface area contributed by atoms with Crippen molar-refractivity contribution in [3.05, 3.63) is 40.7 Å². The number of aryl methyl sites for hydroxylation is 3. The van der Waals surface area contributed by atoms with Crippen LogP contribution in [0.1, 0.15) is 54.0 Å². The fourth-order valence-electron chi connectivity index (χ4n) is 3.35. The number of thioether (sulfide) groups is 1. The number of aromatic nitrogens is 3. The third-order valence-electron chi connectivity index (χ3n) is 4.69. The van der Waals surface area contributed by atoms with Crippen molar-refractivity contribution in [1.82, 2.24) is 14.8 Å². The zero-order chi connectivity index (χ0) is 19.4. The number of nitrogens with two attached hydrogens (primary N) is 1. The van der Waals surface area contributed by atoms with E-state index in [-0.39, 0.29) is 18.1 Å². The number of amides is 1. The number of primary amides is 1. The Morgan fingerprint density at radius 2 is 2.00 bits per heavy atom. The fraction of sp³-hybridized carbons (Fsp3) is 0.500. The minimum atomic E-state index is -0.352. The molecule has 0 saturated heterocycles. The van der Waals surface area contributed by atoms with Gasteiger partial charge in [0.25, 0.3) is 0 Å². The van der Waals surface area contributed by atoms with Crippen LogP contribution in [-0.2, 0) is 30.6 Å². The lowest BCUT2D eigenvalue weighted by atomic mass is 10.0. The molecule has 0 radical (unpaired) electrons. The minimum absolute atomic E-state index is 0.104. The first-order valence-corrected chi connectivity index (χ1v) is 10.4. The molecular weight excluding hydrogens is 360 g/mol. The quantitative estimate of drug-likeness (QED) is 0.529. The van der Waals surface area contributed by atoms with E-state index < -0.39 is 0 Å². The monoisotopic (exact) mass is 386 g/mol. The summed E-state index contributed by atoms with van der Waals surface area (Å²) in [6.07, 6.45) is 4.07. The van der Waals surface area contributed by atoms with Crippen LogP contribution in [0.5, 0.6) is 0 Å². The number of rotatable bonds is 9. The molecule has 2 aromatic rings. The maximum absolute atomic E-state index is 12.6. The number of fused-ring (bicyclic) bond motifs is 1. The maximum atomic E-state index is 12.6. The molecule has 144 valence electrons. The molecule has 1 aliphatic carbocycles. The first kappa shape index (κ1) is 19.6. The zero-order valence-electron chi connectivity index (χ0n) is 15.9. The van der Waals surface area contributed by atoms with E-state index in [0.717, 1.165) is 35.9 Å². The number of hydrogen-bond acceptors (Lipinski definition) is 5. The summed E-state index contributed by atoms with van der Waals surface area (Å²) in [5.74, 6) is 1.22. The van der Waals surface area contributed by atoms with Gasteiger partial charge in [-0.2, -0.15) is 0 Å². The highest BCUT2D eigenvalue weighted by Gasteiger charge is 2.18. The van der Waals surface area contributed by atoms with Gasteiger partial charge < -0.3 is 10.3 Å². The molecule has 0 fully saturated rings. The van der Waals surface area contributed by atoms with E-state index in [9.17, 15) is 9.59 Å². The molecule has 0 unspecified atom stereocenters. The van der Waals surface area contributed by atoms with Crippen molar-refractivity contribution in [3.63, 3.8) is 0 Å². The topological polar surface area (TPSA) is 90.9 Å². The number of carbonyl (C=O) groups excluding carboxylic acids is 2. The average molecular weight is 387 g/mol. The second kappa shape index (κ2) is 8.69. The Bertz CT molecular complexity index is 845. The van der Waals surface area contributed by atoms with Gasteiger partial charge in [-0.1, -0.05) is 37.7 Å². The molecule has 7 heteroatoms. The predicted octanol–water partition coefficient (Wildman–Crippen LogP) is 2.82. The molecule has 3 rings (SSSR count). The van der Waals surface area contributed by atoms with Crippen LogP contribution in [0.2, 0.25) is 0 Å². The fourth-order valence-corrected chi connectivity index (χ4v) is 4.21. The first-order chi connectivity index (χ1) is 12.9. The molecule has 0 atom stereocenters. The molecular formula is C20H26N4O2S. The molecule has 2 N–H and O–H groups in total. The largest absolute Gasteiger partial charge is 0.370 e. The third kappa shape index (κ3) is 4.97. The van der Waals surface area contributed by atoms with E-state index in [0.29, 0.717) is 18.1 Å². The molecule has 27 heavy (non-hydrogen) atoms.